The molecule has 0 aliphatic heterocycles. The van der Waals surface area contributed by atoms with Gasteiger partial charge in [0.2, 0.25) is 0 Å². The van der Waals surface area contributed by atoms with Gasteiger partial charge in [0.25, 0.3) is 11.8 Å². The van der Waals surface area contributed by atoms with Gasteiger partial charge in [0.15, 0.2) is 0 Å². The molecule has 0 spiro atoms. The Hall–Kier alpha value is -3.59. The van der Waals surface area contributed by atoms with Crippen LogP contribution in [0.3, 0.4) is 0 Å². The summed E-state index contributed by atoms with van der Waals surface area (Å²) in [6, 6.07) is 4.75. The number of carbonyl (C=O) groups is 2. The first-order chi connectivity index (χ1) is 12.9. The second-order valence-electron chi connectivity index (χ2n) is 5.75. The van der Waals surface area contributed by atoms with Crippen LogP contribution in [0.2, 0.25) is 0 Å². The summed E-state index contributed by atoms with van der Waals surface area (Å²) >= 11 is 0. The number of nitrogens with two attached hydrogens (primary N) is 1. The predicted molar refractivity (Wildman–Crippen MR) is 98.2 cm³/mol. The number of benzene rings is 1. The number of hydrogen-bond acceptors (Lipinski definition) is 5. The topological polar surface area (TPSA) is 122 Å². The van der Waals surface area contributed by atoms with Crippen molar-refractivity contribution in [1.82, 2.24) is 20.3 Å². The van der Waals surface area contributed by atoms with E-state index in [1.54, 1.807) is 48.3 Å². The van der Waals surface area contributed by atoms with Crippen molar-refractivity contribution in [3.8, 4) is 23.7 Å². The summed E-state index contributed by atoms with van der Waals surface area (Å²) in [5.41, 5.74) is 8.91. The quantitative estimate of drug-likeness (QED) is 0.339. The normalized spacial score (nSPS) is 11.9. The van der Waals surface area contributed by atoms with E-state index < -0.39 is 23.9 Å². The van der Waals surface area contributed by atoms with Crippen LogP contribution >= 0.6 is 0 Å². The zero-order valence-electron chi connectivity index (χ0n) is 14.9. The highest BCUT2D eigenvalue weighted by atomic mass is 16.5. The van der Waals surface area contributed by atoms with E-state index in [-0.39, 0.29) is 0 Å². The Morgan fingerprint density at radius 2 is 1.89 bits per heavy atom. The van der Waals surface area contributed by atoms with Gasteiger partial charge in [0.05, 0.1) is 12.5 Å². The van der Waals surface area contributed by atoms with Crippen molar-refractivity contribution in [3.05, 3.63) is 53.6 Å². The van der Waals surface area contributed by atoms with E-state index in [1.807, 2.05) is 7.05 Å². The molecule has 5 N–H and O–H groups in total. The zero-order chi connectivity index (χ0) is 19.8. The monoisotopic (exact) mass is 365 g/mol. The van der Waals surface area contributed by atoms with Crippen LogP contribution < -0.4 is 16.5 Å². The molecule has 8 heteroatoms. The van der Waals surface area contributed by atoms with E-state index >= 15 is 0 Å². The van der Waals surface area contributed by atoms with Gasteiger partial charge in [0.1, 0.15) is 11.7 Å². The van der Waals surface area contributed by atoms with Crippen LogP contribution in [0.25, 0.3) is 0 Å². The summed E-state index contributed by atoms with van der Waals surface area (Å²) in [6.07, 6.45) is 3.30. The average Bonchev–Trinajstić information content (AvgIpc) is 3.07. The van der Waals surface area contributed by atoms with Crippen LogP contribution in [-0.4, -0.2) is 38.7 Å². The zero-order valence-corrected chi connectivity index (χ0v) is 14.9. The first kappa shape index (κ1) is 19.7. The Morgan fingerprint density at radius 3 is 2.44 bits per heavy atom. The molecule has 2 amide bonds. The number of nitrogens with one attached hydrogen (secondary N) is 2. The lowest BCUT2D eigenvalue weighted by molar-refractivity contribution is -0.131. The molecule has 138 valence electrons. The molecular weight excluding hydrogens is 346 g/mol. The summed E-state index contributed by atoms with van der Waals surface area (Å²) < 4.78 is 1.79. The summed E-state index contributed by atoms with van der Waals surface area (Å²) in [5.74, 6) is 9.96. The van der Waals surface area contributed by atoms with Gasteiger partial charge in [-0.05, 0) is 49.0 Å². The third kappa shape index (κ3) is 5.44. The molecule has 0 saturated heterocycles. The Kier molecular flexibility index (Phi) is 6.73. The summed E-state index contributed by atoms with van der Waals surface area (Å²) in [5, 5.41) is 11.2. The lowest BCUT2D eigenvalue weighted by atomic mass is 10.1. The molecule has 0 aliphatic carbocycles. The molecule has 0 bridgehead atoms. The maximum absolute atomic E-state index is 12.2. The number of amides is 2. The van der Waals surface area contributed by atoms with Crippen LogP contribution in [0.1, 0.15) is 28.5 Å². The van der Waals surface area contributed by atoms with Crippen molar-refractivity contribution in [2.24, 2.45) is 12.8 Å². The van der Waals surface area contributed by atoms with Gasteiger partial charge in [-0.1, -0.05) is 5.92 Å². The molecule has 2 rings (SSSR count). The highest BCUT2D eigenvalue weighted by molar-refractivity contribution is 5.97. The highest BCUT2D eigenvalue weighted by Gasteiger charge is 2.24. The van der Waals surface area contributed by atoms with Gasteiger partial charge in [-0.2, -0.15) is 0 Å². The molecule has 8 nitrogen and oxygen atoms in total. The van der Waals surface area contributed by atoms with Crippen LogP contribution in [-0.2, 0) is 11.8 Å². The maximum atomic E-state index is 12.2. The smallest absolute Gasteiger partial charge is 0.267 e. The van der Waals surface area contributed by atoms with Gasteiger partial charge >= 0.3 is 0 Å². The molecule has 1 aromatic carbocycles. The Labute approximate surface area is 156 Å². The van der Waals surface area contributed by atoms with Gasteiger partial charge in [-0.15, -0.1) is 0 Å². The molecule has 0 aliphatic rings. The summed E-state index contributed by atoms with van der Waals surface area (Å²) in [6.45, 7) is 1.55. The van der Waals surface area contributed by atoms with Crippen molar-refractivity contribution in [2.75, 3.05) is 0 Å². The molecule has 0 fully saturated rings. The molecule has 2 atom stereocenters. The van der Waals surface area contributed by atoms with Gasteiger partial charge in [0, 0.05) is 24.2 Å². The third-order valence-electron chi connectivity index (χ3n) is 3.63. The second-order valence-corrected chi connectivity index (χ2v) is 5.75. The Bertz CT molecular complexity index is 939. The summed E-state index contributed by atoms with van der Waals surface area (Å²) in [4.78, 5) is 27.7. The van der Waals surface area contributed by atoms with Crippen molar-refractivity contribution in [1.29, 1.82) is 0 Å². The standard InChI is InChI=1S/C19H19N5O3/c1-13(20)17(19(26)23-27)22-18(25)15-9-7-14(8-10-15)5-3-4-6-16-11-21-12-24(16)2/h7-13,17,27H,20H2,1-2H3,(H,22,25)(H,23,26). The third-order valence-corrected chi connectivity index (χ3v) is 3.63. The fraction of sp³-hybridized carbons (Fsp3) is 0.211. The molecule has 1 heterocycles. The van der Waals surface area contributed by atoms with E-state index in [4.69, 9.17) is 10.9 Å². The van der Waals surface area contributed by atoms with E-state index in [2.05, 4.69) is 34.0 Å². The average molecular weight is 365 g/mol. The highest BCUT2D eigenvalue weighted by Crippen LogP contribution is 2.04. The van der Waals surface area contributed by atoms with Gasteiger partial charge < -0.3 is 15.6 Å². The van der Waals surface area contributed by atoms with Crippen molar-refractivity contribution < 1.29 is 14.8 Å². The minimum atomic E-state index is -1.05. The first-order valence-electron chi connectivity index (χ1n) is 8.01. The van der Waals surface area contributed by atoms with Crippen LogP contribution in [0.5, 0.6) is 0 Å². The van der Waals surface area contributed by atoms with Crippen molar-refractivity contribution >= 4 is 11.8 Å². The number of carbonyl (C=O) groups excluding carboxylic acids is 2. The van der Waals surface area contributed by atoms with Gasteiger partial charge in [-0.3, -0.25) is 14.8 Å². The van der Waals surface area contributed by atoms with Crippen molar-refractivity contribution in [3.63, 3.8) is 0 Å². The maximum Gasteiger partial charge on any atom is 0.267 e. The van der Waals surface area contributed by atoms with Gasteiger partial charge in [-0.25, -0.2) is 10.5 Å². The van der Waals surface area contributed by atoms with E-state index in [0.717, 1.165) is 5.69 Å². The fourth-order valence-corrected chi connectivity index (χ4v) is 2.11. The minimum absolute atomic E-state index is 0.331. The Morgan fingerprint density at radius 1 is 1.22 bits per heavy atom. The minimum Gasteiger partial charge on any atom is -0.339 e. The van der Waals surface area contributed by atoms with E-state index in [9.17, 15) is 9.59 Å². The molecule has 27 heavy (non-hydrogen) atoms. The molecule has 1 aromatic heterocycles. The predicted octanol–water partition coefficient (Wildman–Crippen LogP) is -0.226. The number of rotatable bonds is 4. The number of aromatic nitrogens is 2. The molecule has 2 unspecified atom stereocenters. The van der Waals surface area contributed by atoms with Crippen molar-refractivity contribution in [2.45, 2.75) is 19.0 Å². The number of nitrogens with zero attached hydrogens (tertiary/aromatic N) is 2. The van der Waals surface area contributed by atoms with Crippen LogP contribution in [0.15, 0.2) is 36.8 Å². The van der Waals surface area contributed by atoms with E-state index in [0.29, 0.717) is 11.1 Å². The largest absolute Gasteiger partial charge is 0.339 e. The Balaban J connectivity index is 2.04. The molecule has 0 radical (unpaired) electrons. The SMILES string of the molecule is CC(N)C(NC(=O)c1ccc(C#CC#Cc2cncn2C)cc1)C(=O)NO. The number of aryl methyl sites for hydroxylation is 1. The molecule has 2 aromatic rings. The van der Waals surface area contributed by atoms with E-state index in [1.165, 1.54) is 5.48 Å². The fourth-order valence-electron chi connectivity index (χ4n) is 2.11. The summed E-state index contributed by atoms with van der Waals surface area (Å²) in [7, 11) is 1.84. The number of hydrogen-bond donors (Lipinski definition) is 4. The first-order valence-corrected chi connectivity index (χ1v) is 8.01. The lowest BCUT2D eigenvalue weighted by Gasteiger charge is -2.19. The van der Waals surface area contributed by atoms with Crippen LogP contribution in [0.4, 0.5) is 0 Å². The molecular formula is C19H19N5O3. The molecule has 0 saturated carbocycles. The van der Waals surface area contributed by atoms with Crippen LogP contribution in [0, 0.1) is 23.7 Å². The lowest BCUT2D eigenvalue weighted by Crippen LogP contribution is -2.54. The number of imidazole rings is 1. The second kappa shape index (κ2) is 9.20. The number of hydroxylamine groups is 1.